The van der Waals surface area contributed by atoms with Gasteiger partial charge in [0.25, 0.3) is 10.1 Å². The monoisotopic (exact) mass is 279 g/mol. The van der Waals surface area contributed by atoms with Crippen molar-refractivity contribution in [2.75, 3.05) is 5.75 Å². The molecule has 0 aliphatic carbocycles. The summed E-state index contributed by atoms with van der Waals surface area (Å²) in [6.07, 6.45) is 1.56. The molecule has 0 aliphatic heterocycles. The van der Waals surface area contributed by atoms with Crippen LogP contribution in [-0.4, -0.2) is 19.2 Å². The van der Waals surface area contributed by atoms with Gasteiger partial charge < -0.3 is 0 Å². The molecule has 0 bridgehead atoms. The molecule has 14 heavy (non-hydrogen) atoms. The van der Waals surface area contributed by atoms with Crippen molar-refractivity contribution in [3.8, 4) is 0 Å². The highest BCUT2D eigenvalue weighted by atomic mass is 79.9. The number of hydrogen-bond donors (Lipinski definition) is 0. The second-order valence-electron chi connectivity index (χ2n) is 2.60. The number of nitrogens with zero attached hydrogens (tertiary/aromatic N) is 1. The molecule has 0 spiro atoms. The van der Waals surface area contributed by atoms with E-state index in [-0.39, 0.29) is 12.4 Å². The van der Waals surface area contributed by atoms with Gasteiger partial charge in [0.15, 0.2) is 0 Å². The van der Waals surface area contributed by atoms with Crippen molar-refractivity contribution in [2.45, 2.75) is 13.5 Å². The molecule has 1 rings (SSSR count). The van der Waals surface area contributed by atoms with Crippen molar-refractivity contribution in [3.63, 3.8) is 0 Å². The minimum atomic E-state index is -3.37. The molecule has 0 fully saturated rings. The van der Waals surface area contributed by atoms with E-state index < -0.39 is 10.1 Å². The molecule has 0 saturated heterocycles. The van der Waals surface area contributed by atoms with Crippen molar-refractivity contribution in [1.29, 1.82) is 0 Å². The van der Waals surface area contributed by atoms with Gasteiger partial charge >= 0.3 is 0 Å². The summed E-state index contributed by atoms with van der Waals surface area (Å²) in [5, 5.41) is 0. The van der Waals surface area contributed by atoms with Crippen molar-refractivity contribution < 1.29 is 12.6 Å². The number of pyridine rings is 1. The second-order valence-corrected chi connectivity index (χ2v) is 5.34. The Hall–Kier alpha value is -0.460. The van der Waals surface area contributed by atoms with Gasteiger partial charge in [-0.2, -0.15) is 8.42 Å². The molecule has 1 aromatic rings. The predicted molar refractivity (Wildman–Crippen MR) is 56.2 cm³/mol. The summed E-state index contributed by atoms with van der Waals surface area (Å²) in [7, 11) is -3.37. The van der Waals surface area contributed by atoms with Gasteiger partial charge in [-0.15, -0.1) is 0 Å². The van der Waals surface area contributed by atoms with Crippen molar-refractivity contribution in [1.82, 2.24) is 4.98 Å². The number of rotatable bonds is 4. The van der Waals surface area contributed by atoms with E-state index in [1.807, 2.05) is 0 Å². The average Bonchev–Trinajstić information content (AvgIpc) is 2.17. The molecule has 0 aromatic carbocycles. The Morgan fingerprint density at radius 1 is 1.50 bits per heavy atom. The van der Waals surface area contributed by atoms with E-state index in [1.54, 1.807) is 18.3 Å². The highest BCUT2D eigenvalue weighted by Crippen LogP contribution is 2.08. The summed E-state index contributed by atoms with van der Waals surface area (Å²) in [4.78, 5) is 3.95. The van der Waals surface area contributed by atoms with E-state index in [9.17, 15) is 8.42 Å². The zero-order valence-electron chi connectivity index (χ0n) is 7.60. The lowest BCUT2D eigenvalue weighted by Crippen LogP contribution is -2.08. The van der Waals surface area contributed by atoms with E-state index >= 15 is 0 Å². The van der Waals surface area contributed by atoms with Gasteiger partial charge in [-0.3, -0.25) is 4.18 Å². The van der Waals surface area contributed by atoms with Gasteiger partial charge in [0.2, 0.25) is 0 Å². The molecule has 4 nitrogen and oxygen atoms in total. The van der Waals surface area contributed by atoms with Crippen LogP contribution < -0.4 is 0 Å². The van der Waals surface area contributed by atoms with E-state index in [2.05, 4.69) is 20.9 Å². The van der Waals surface area contributed by atoms with Crippen LogP contribution in [0.15, 0.2) is 22.9 Å². The fourth-order valence-electron chi connectivity index (χ4n) is 0.733. The van der Waals surface area contributed by atoms with Gasteiger partial charge in [0, 0.05) is 6.20 Å². The van der Waals surface area contributed by atoms with Crippen LogP contribution in [0, 0.1) is 0 Å². The lowest BCUT2D eigenvalue weighted by molar-refractivity contribution is 0.308. The lowest BCUT2D eigenvalue weighted by Gasteiger charge is -2.02. The normalized spacial score (nSPS) is 11.6. The largest absolute Gasteiger partial charge is 0.267 e. The molecule has 0 unspecified atom stereocenters. The number of hydrogen-bond acceptors (Lipinski definition) is 4. The molecule has 0 atom stereocenters. The summed E-state index contributed by atoms with van der Waals surface area (Å²) in [5.41, 5.74) is 0.727. The Morgan fingerprint density at radius 2 is 2.21 bits per heavy atom. The van der Waals surface area contributed by atoms with Crippen LogP contribution in [0.3, 0.4) is 0 Å². The van der Waals surface area contributed by atoms with Gasteiger partial charge in [0.1, 0.15) is 4.60 Å². The highest BCUT2D eigenvalue weighted by molar-refractivity contribution is 9.10. The van der Waals surface area contributed by atoms with Crippen LogP contribution in [0.2, 0.25) is 0 Å². The summed E-state index contributed by atoms with van der Waals surface area (Å²) in [6.45, 7) is 1.58. The van der Waals surface area contributed by atoms with Crippen molar-refractivity contribution in [3.05, 3.63) is 28.5 Å². The van der Waals surface area contributed by atoms with Gasteiger partial charge in [-0.05, 0) is 34.5 Å². The van der Waals surface area contributed by atoms with Crippen LogP contribution in [0.4, 0.5) is 0 Å². The van der Waals surface area contributed by atoms with Crippen molar-refractivity contribution >= 4 is 26.0 Å². The number of halogens is 1. The zero-order chi connectivity index (χ0) is 10.6. The molecule has 0 saturated carbocycles. The summed E-state index contributed by atoms with van der Waals surface area (Å²) >= 11 is 3.18. The summed E-state index contributed by atoms with van der Waals surface area (Å²) in [5.74, 6) is -0.0169. The van der Waals surface area contributed by atoms with E-state index in [1.165, 1.54) is 6.92 Å². The van der Waals surface area contributed by atoms with Gasteiger partial charge in [-0.25, -0.2) is 4.98 Å². The molecule has 0 amide bonds. The molecule has 0 aliphatic rings. The van der Waals surface area contributed by atoms with E-state index in [4.69, 9.17) is 4.18 Å². The lowest BCUT2D eigenvalue weighted by atomic mass is 10.3. The molecule has 1 heterocycles. The first-order valence-electron chi connectivity index (χ1n) is 4.01. The maximum atomic E-state index is 11.0. The first-order valence-corrected chi connectivity index (χ1v) is 6.38. The summed E-state index contributed by atoms with van der Waals surface area (Å²) < 4.78 is 27.4. The van der Waals surface area contributed by atoms with Gasteiger partial charge in [-0.1, -0.05) is 6.07 Å². The van der Waals surface area contributed by atoms with Crippen LogP contribution >= 0.6 is 15.9 Å². The maximum absolute atomic E-state index is 11.0. The smallest absolute Gasteiger partial charge is 0.265 e. The third-order valence-electron chi connectivity index (χ3n) is 1.55. The highest BCUT2D eigenvalue weighted by Gasteiger charge is 2.07. The summed E-state index contributed by atoms with van der Waals surface area (Å²) in [6, 6.07) is 3.49. The quantitative estimate of drug-likeness (QED) is 0.622. The van der Waals surface area contributed by atoms with Gasteiger partial charge in [0.05, 0.1) is 12.4 Å². The van der Waals surface area contributed by atoms with Crippen LogP contribution in [-0.2, 0) is 20.9 Å². The van der Waals surface area contributed by atoms with E-state index in [0.717, 1.165) is 5.56 Å². The fraction of sp³-hybridized carbons (Fsp3) is 0.375. The molecule has 78 valence electrons. The number of aromatic nitrogens is 1. The van der Waals surface area contributed by atoms with Crippen molar-refractivity contribution in [2.24, 2.45) is 0 Å². The predicted octanol–water partition coefficient (Wildman–Crippen LogP) is 1.71. The molecule has 0 N–H and O–H groups in total. The zero-order valence-corrected chi connectivity index (χ0v) is 10.0. The topological polar surface area (TPSA) is 56.3 Å². The maximum Gasteiger partial charge on any atom is 0.267 e. The molecule has 6 heteroatoms. The third kappa shape index (κ3) is 3.73. The minimum Gasteiger partial charge on any atom is -0.265 e. The first kappa shape index (κ1) is 11.6. The Labute approximate surface area is 91.6 Å². The van der Waals surface area contributed by atoms with Crippen LogP contribution in [0.25, 0.3) is 0 Å². The first-order chi connectivity index (χ1) is 6.53. The molecule has 1 aromatic heterocycles. The van der Waals surface area contributed by atoms with Crippen LogP contribution in [0.5, 0.6) is 0 Å². The molecule has 0 radical (unpaired) electrons. The molecular weight excluding hydrogens is 270 g/mol. The Morgan fingerprint density at radius 3 is 2.71 bits per heavy atom. The van der Waals surface area contributed by atoms with E-state index in [0.29, 0.717) is 4.60 Å². The van der Waals surface area contributed by atoms with Crippen LogP contribution in [0.1, 0.15) is 12.5 Å². The Kier molecular flexibility index (Phi) is 4.03. The third-order valence-corrected chi connectivity index (χ3v) is 3.20. The standard InChI is InChI=1S/C8H10BrNO3S/c1-2-14(11,12)13-6-7-3-4-8(9)10-5-7/h3-5H,2,6H2,1H3. The Balaban J connectivity index is 2.59. The second kappa shape index (κ2) is 4.86. The SMILES string of the molecule is CCS(=O)(=O)OCc1ccc(Br)nc1. The average molecular weight is 280 g/mol. The fourth-order valence-corrected chi connectivity index (χ4v) is 1.45. The minimum absolute atomic E-state index is 0.0169. The molecular formula is C8H10BrNO3S. The Bertz CT molecular complexity index is 388.